The average molecular weight is 256 g/mol. The highest BCUT2D eigenvalue weighted by molar-refractivity contribution is 9.10. The first-order chi connectivity index (χ1) is 6.66. The molecule has 2 heterocycles. The Bertz CT molecular complexity index is 390. The van der Waals surface area contributed by atoms with E-state index in [0.717, 1.165) is 0 Å². The Hall–Kier alpha value is -1.30. The number of rotatable bonds is 1. The van der Waals surface area contributed by atoms with Crippen LogP contribution in [0.1, 0.15) is 6.42 Å². The highest BCUT2D eigenvalue weighted by Crippen LogP contribution is 2.16. The molecule has 2 rings (SSSR count). The van der Waals surface area contributed by atoms with Gasteiger partial charge in [-0.1, -0.05) is 0 Å². The molecule has 1 aliphatic heterocycles. The zero-order valence-corrected chi connectivity index (χ0v) is 8.69. The molecule has 0 aliphatic carbocycles. The molecule has 0 unspecified atom stereocenters. The predicted molar refractivity (Wildman–Crippen MR) is 51.7 cm³/mol. The van der Waals surface area contributed by atoms with Crippen LogP contribution in [0.5, 0.6) is 0 Å². The number of aromatic nitrogens is 2. The van der Waals surface area contributed by atoms with Gasteiger partial charge < -0.3 is 0 Å². The fourth-order valence-corrected chi connectivity index (χ4v) is 1.44. The van der Waals surface area contributed by atoms with Crippen LogP contribution >= 0.6 is 15.9 Å². The van der Waals surface area contributed by atoms with Crippen LogP contribution in [0.25, 0.3) is 0 Å². The maximum absolute atomic E-state index is 11.3. The first kappa shape index (κ1) is 9.26. The Balaban J connectivity index is 2.27. The molecule has 5 nitrogen and oxygen atoms in total. The Morgan fingerprint density at radius 3 is 2.57 bits per heavy atom. The molecular formula is C8H6BrN3O2. The largest absolute Gasteiger partial charge is 0.297 e. The quantitative estimate of drug-likeness (QED) is 0.688. The Morgan fingerprint density at radius 2 is 2.07 bits per heavy atom. The van der Waals surface area contributed by atoms with Gasteiger partial charge in [-0.05, 0) is 15.9 Å². The monoisotopic (exact) mass is 255 g/mol. The molecule has 0 atom stereocenters. The number of ketones is 1. The molecule has 1 saturated heterocycles. The third kappa shape index (κ3) is 1.65. The van der Waals surface area contributed by atoms with Crippen LogP contribution in [0.2, 0.25) is 0 Å². The zero-order chi connectivity index (χ0) is 10.1. The second kappa shape index (κ2) is 3.45. The van der Waals surface area contributed by atoms with Crippen LogP contribution in [-0.2, 0) is 9.59 Å². The lowest BCUT2D eigenvalue weighted by Crippen LogP contribution is -2.25. The number of halogens is 1. The summed E-state index contributed by atoms with van der Waals surface area (Å²) in [6.07, 6.45) is 2.92. The van der Waals surface area contributed by atoms with Crippen LogP contribution in [0.15, 0.2) is 17.0 Å². The number of anilines is 1. The van der Waals surface area contributed by atoms with E-state index >= 15 is 0 Å². The van der Waals surface area contributed by atoms with Gasteiger partial charge in [-0.15, -0.1) is 0 Å². The van der Waals surface area contributed by atoms with Crippen LogP contribution < -0.4 is 4.90 Å². The first-order valence-electron chi connectivity index (χ1n) is 3.96. The van der Waals surface area contributed by atoms with Crippen molar-refractivity contribution in [1.82, 2.24) is 9.97 Å². The molecule has 6 heteroatoms. The van der Waals surface area contributed by atoms with Crippen LogP contribution in [0, 0.1) is 0 Å². The lowest BCUT2D eigenvalue weighted by atomic mass is 10.3. The SMILES string of the molecule is O=C1CC(=O)N(c2cnc(Br)cn2)C1. The van der Waals surface area contributed by atoms with Gasteiger partial charge in [0.1, 0.15) is 4.60 Å². The van der Waals surface area contributed by atoms with E-state index in [4.69, 9.17) is 0 Å². The minimum Gasteiger partial charge on any atom is -0.297 e. The van der Waals surface area contributed by atoms with Crippen molar-refractivity contribution in [2.75, 3.05) is 11.4 Å². The molecule has 14 heavy (non-hydrogen) atoms. The summed E-state index contributed by atoms with van der Waals surface area (Å²) in [5.41, 5.74) is 0. The molecule has 1 aromatic heterocycles. The van der Waals surface area contributed by atoms with Crippen molar-refractivity contribution >= 4 is 33.4 Å². The molecule has 1 aliphatic rings. The van der Waals surface area contributed by atoms with Crippen LogP contribution in [0.4, 0.5) is 5.82 Å². The third-order valence-corrected chi connectivity index (χ3v) is 2.28. The van der Waals surface area contributed by atoms with E-state index in [0.29, 0.717) is 10.4 Å². The topological polar surface area (TPSA) is 63.2 Å². The lowest BCUT2D eigenvalue weighted by Gasteiger charge is -2.11. The second-order valence-corrected chi connectivity index (χ2v) is 3.71. The van der Waals surface area contributed by atoms with Crippen molar-refractivity contribution in [1.29, 1.82) is 0 Å². The number of Topliss-reactive ketones (excluding diaryl/α,β-unsaturated/α-hetero) is 1. The summed E-state index contributed by atoms with van der Waals surface area (Å²) in [6.45, 7) is 0.106. The van der Waals surface area contributed by atoms with E-state index in [1.54, 1.807) is 0 Å². The van der Waals surface area contributed by atoms with E-state index < -0.39 is 0 Å². The highest BCUT2D eigenvalue weighted by Gasteiger charge is 2.29. The summed E-state index contributed by atoms with van der Waals surface area (Å²) in [6, 6.07) is 0. The van der Waals surface area contributed by atoms with Gasteiger partial charge in [0.2, 0.25) is 5.91 Å². The molecule has 1 fully saturated rings. The van der Waals surface area contributed by atoms with E-state index in [2.05, 4.69) is 25.9 Å². The van der Waals surface area contributed by atoms with E-state index in [1.807, 2.05) is 0 Å². The molecule has 0 bridgehead atoms. The zero-order valence-electron chi connectivity index (χ0n) is 7.11. The molecule has 1 amide bonds. The summed E-state index contributed by atoms with van der Waals surface area (Å²) in [4.78, 5) is 31.5. The summed E-state index contributed by atoms with van der Waals surface area (Å²) in [7, 11) is 0. The van der Waals surface area contributed by atoms with Gasteiger partial charge in [-0.3, -0.25) is 14.5 Å². The minimum atomic E-state index is -0.216. The molecule has 1 aromatic rings. The summed E-state index contributed by atoms with van der Waals surface area (Å²) < 4.78 is 0.597. The fraction of sp³-hybridized carbons (Fsp3) is 0.250. The second-order valence-electron chi connectivity index (χ2n) is 2.89. The van der Waals surface area contributed by atoms with Crippen molar-refractivity contribution < 1.29 is 9.59 Å². The van der Waals surface area contributed by atoms with Crippen LogP contribution in [-0.4, -0.2) is 28.2 Å². The number of carbonyl (C=O) groups is 2. The molecule has 0 spiro atoms. The van der Waals surface area contributed by atoms with E-state index in [1.165, 1.54) is 17.3 Å². The van der Waals surface area contributed by atoms with Crippen LogP contribution in [0.3, 0.4) is 0 Å². The van der Waals surface area contributed by atoms with Gasteiger partial charge in [-0.2, -0.15) is 0 Å². The fourth-order valence-electron chi connectivity index (χ4n) is 1.24. The molecular weight excluding hydrogens is 250 g/mol. The molecule has 72 valence electrons. The summed E-state index contributed by atoms with van der Waals surface area (Å²) in [5, 5.41) is 0. The molecule has 0 aromatic carbocycles. The van der Waals surface area contributed by atoms with Gasteiger partial charge in [0.15, 0.2) is 11.6 Å². The third-order valence-electron chi connectivity index (χ3n) is 1.87. The number of hydrogen-bond donors (Lipinski definition) is 0. The highest BCUT2D eigenvalue weighted by atomic mass is 79.9. The normalized spacial score (nSPS) is 16.5. The standard InChI is InChI=1S/C8H6BrN3O2/c9-6-2-11-7(3-10-6)12-4-5(13)1-8(12)14/h2-3H,1,4H2. The number of nitrogens with zero attached hydrogens (tertiary/aromatic N) is 3. The average Bonchev–Trinajstić information content (AvgIpc) is 2.47. The van der Waals surface area contributed by atoms with Gasteiger partial charge in [-0.25, -0.2) is 9.97 Å². The molecule has 0 saturated carbocycles. The number of hydrogen-bond acceptors (Lipinski definition) is 4. The Kier molecular flexibility index (Phi) is 2.28. The Morgan fingerprint density at radius 1 is 1.29 bits per heavy atom. The van der Waals surface area contributed by atoms with Crippen molar-refractivity contribution in [3.05, 3.63) is 17.0 Å². The minimum absolute atomic E-state index is 0.0300. The van der Waals surface area contributed by atoms with Gasteiger partial charge in [0.05, 0.1) is 25.4 Å². The number of amides is 1. The maximum atomic E-state index is 11.3. The summed E-state index contributed by atoms with van der Waals surface area (Å²) in [5.74, 6) is 0.121. The van der Waals surface area contributed by atoms with Crippen molar-refractivity contribution in [2.45, 2.75) is 6.42 Å². The number of carbonyl (C=O) groups excluding carboxylic acids is 2. The van der Waals surface area contributed by atoms with Gasteiger partial charge in [0.25, 0.3) is 0 Å². The smallest absolute Gasteiger partial charge is 0.236 e. The van der Waals surface area contributed by atoms with E-state index in [9.17, 15) is 9.59 Å². The first-order valence-corrected chi connectivity index (χ1v) is 4.76. The molecule has 0 radical (unpaired) electrons. The van der Waals surface area contributed by atoms with Crippen molar-refractivity contribution in [3.8, 4) is 0 Å². The maximum Gasteiger partial charge on any atom is 0.236 e. The lowest BCUT2D eigenvalue weighted by molar-refractivity contribution is -0.121. The predicted octanol–water partition coefficient (Wildman–Crippen LogP) is 0.545. The van der Waals surface area contributed by atoms with Gasteiger partial charge in [0, 0.05) is 0 Å². The van der Waals surface area contributed by atoms with Gasteiger partial charge >= 0.3 is 0 Å². The summed E-state index contributed by atoms with van der Waals surface area (Å²) >= 11 is 3.14. The molecule has 0 N–H and O–H groups in total. The Labute approximate surface area is 88.3 Å². The van der Waals surface area contributed by atoms with E-state index in [-0.39, 0.29) is 24.7 Å². The van der Waals surface area contributed by atoms with Crippen molar-refractivity contribution in [3.63, 3.8) is 0 Å². The van der Waals surface area contributed by atoms with Crippen molar-refractivity contribution in [2.24, 2.45) is 0 Å².